The van der Waals surface area contributed by atoms with Gasteiger partial charge >= 0.3 is 6.09 Å². The number of amides is 1. The molecule has 0 aliphatic rings. The minimum atomic E-state index is -0.831. The fourth-order valence-corrected chi connectivity index (χ4v) is 1.93. The van der Waals surface area contributed by atoms with Crippen LogP contribution in [0.15, 0.2) is 16.6 Å². The van der Waals surface area contributed by atoms with E-state index in [0.29, 0.717) is 4.47 Å². The number of alkyl carbamates (subject to hydrolysis) is 1. The van der Waals surface area contributed by atoms with Gasteiger partial charge in [-0.1, -0.05) is 15.9 Å². The van der Waals surface area contributed by atoms with Gasteiger partial charge in [-0.2, -0.15) is 0 Å². The number of carbonyl (C=O) groups excluding carboxylic acids is 1. The molecule has 0 aliphatic carbocycles. The molecular weight excluding hydrogens is 320 g/mol. The van der Waals surface area contributed by atoms with E-state index in [0.717, 1.165) is 12.1 Å². The van der Waals surface area contributed by atoms with E-state index in [-0.39, 0.29) is 5.56 Å². The van der Waals surface area contributed by atoms with Crippen molar-refractivity contribution in [3.8, 4) is 0 Å². The molecule has 1 rings (SSSR count). The normalized spacial score (nSPS) is 13.0. The molecule has 0 fully saturated rings. The molecule has 106 valence electrons. The van der Waals surface area contributed by atoms with E-state index >= 15 is 0 Å². The van der Waals surface area contributed by atoms with Gasteiger partial charge in [-0.05, 0) is 39.8 Å². The first-order chi connectivity index (χ1) is 8.60. The maximum atomic E-state index is 13.7. The summed E-state index contributed by atoms with van der Waals surface area (Å²) in [5, 5.41) is 2.40. The van der Waals surface area contributed by atoms with Crippen molar-refractivity contribution in [1.29, 1.82) is 0 Å². The van der Waals surface area contributed by atoms with Gasteiger partial charge in [0.25, 0.3) is 0 Å². The molecular formula is C13H16BrF2NO2. The van der Waals surface area contributed by atoms with Gasteiger partial charge in [0.15, 0.2) is 0 Å². The highest BCUT2D eigenvalue weighted by atomic mass is 79.9. The number of hydrogen-bond donors (Lipinski definition) is 1. The summed E-state index contributed by atoms with van der Waals surface area (Å²) < 4.78 is 32.7. The lowest BCUT2D eigenvalue weighted by molar-refractivity contribution is 0.0506. The Kier molecular flexibility index (Phi) is 4.90. The highest BCUT2D eigenvalue weighted by Gasteiger charge is 2.22. The third-order valence-corrected chi connectivity index (χ3v) is 2.67. The summed E-state index contributed by atoms with van der Waals surface area (Å²) in [5.41, 5.74) is -0.866. The van der Waals surface area contributed by atoms with Crippen LogP contribution >= 0.6 is 15.9 Å². The Hall–Kier alpha value is -1.17. The molecule has 0 radical (unpaired) electrons. The molecule has 3 nitrogen and oxygen atoms in total. The van der Waals surface area contributed by atoms with Crippen LogP contribution in [-0.2, 0) is 4.74 Å². The minimum absolute atomic E-state index is 0.200. The van der Waals surface area contributed by atoms with Gasteiger partial charge in [-0.15, -0.1) is 0 Å². The average Bonchev–Trinajstić information content (AvgIpc) is 2.10. The Balaban J connectivity index is 2.85. The number of nitrogens with one attached hydrogen (secondary N) is 1. The van der Waals surface area contributed by atoms with Crippen LogP contribution in [0.2, 0.25) is 0 Å². The molecule has 0 aromatic heterocycles. The van der Waals surface area contributed by atoms with E-state index < -0.39 is 29.4 Å². The molecule has 0 aliphatic heterocycles. The van der Waals surface area contributed by atoms with Crippen molar-refractivity contribution in [2.75, 3.05) is 0 Å². The Morgan fingerprint density at radius 1 is 1.32 bits per heavy atom. The first-order valence-corrected chi connectivity index (χ1v) is 6.53. The predicted octanol–water partition coefficient (Wildman–Crippen LogP) is 4.31. The van der Waals surface area contributed by atoms with Crippen molar-refractivity contribution < 1.29 is 18.3 Å². The maximum absolute atomic E-state index is 13.7. The van der Waals surface area contributed by atoms with Gasteiger partial charge in [0.2, 0.25) is 0 Å². The predicted molar refractivity (Wildman–Crippen MR) is 71.8 cm³/mol. The Morgan fingerprint density at radius 3 is 2.21 bits per heavy atom. The van der Waals surface area contributed by atoms with Crippen molar-refractivity contribution in [3.63, 3.8) is 0 Å². The lowest BCUT2D eigenvalue weighted by Gasteiger charge is -2.22. The van der Waals surface area contributed by atoms with Crippen LogP contribution in [-0.4, -0.2) is 11.7 Å². The van der Waals surface area contributed by atoms with Gasteiger partial charge in [-0.3, -0.25) is 0 Å². The molecule has 1 atom stereocenters. The molecule has 0 spiro atoms. The summed E-state index contributed by atoms with van der Waals surface area (Å²) in [6, 6.07) is 1.46. The molecule has 1 unspecified atom stereocenters. The van der Waals surface area contributed by atoms with Crippen LogP contribution in [0.4, 0.5) is 13.6 Å². The van der Waals surface area contributed by atoms with Gasteiger partial charge in [-0.25, -0.2) is 13.6 Å². The lowest BCUT2D eigenvalue weighted by atomic mass is 10.1. The smallest absolute Gasteiger partial charge is 0.408 e. The Morgan fingerprint density at radius 2 is 1.79 bits per heavy atom. The molecule has 1 N–H and O–H groups in total. The number of hydrogen-bond acceptors (Lipinski definition) is 2. The number of halogens is 3. The second-order valence-electron chi connectivity index (χ2n) is 5.15. The van der Waals surface area contributed by atoms with Crippen molar-refractivity contribution in [3.05, 3.63) is 33.8 Å². The first-order valence-electron chi connectivity index (χ1n) is 5.74. The van der Waals surface area contributed by atoms with Crippen LogP contribution in [0.5, 0.6) is 0 Å². The number of benzene rings is 1. The second-order valence-corrected chi connectivity index (χ2v) is 6.07. The number of carbonyl (C=O) groups is 1. The van der Waals surface area contributed by atoms with Crippen LogP contribution in [0.3, 0.4) is 0 Å². The summed E-state index contributed by atoms with van der Waals surface area (Å²) in [6.07, 6.45) is -0.721. The fraction of sp³-hybridized carbons (Fsp3) is 0.462. The zero-order valence-corrected chi connectivity index (χ0v) is 12.8. The quantitative estimate of drug-likeness (QED) is 0.874. The minimum Gasteiger partial charge on any atom is -0.444 e. The van der Waals surface area contributed by atoms with Crippen molar-refractivity contribution in [2.45, 2.75) is 39.3 Å². The standard InChI is InChI=1S/C13H16BrF2NO2/c1-7(17-12(18)19-13(2,3)4)11-9(15)5-8(14)6-10(11)16/h5-7H,1-4H3,(H,17,18). The van der Waals surface area contributed by atoms with E-state index in [1.807, 2.05) is 0 Å². The Labute approximate surface area is 119 Å². The molecule has 1 aromatic carbocycles. The SMILES string of the molecule is CC(NC(=O)OC(C)(C)C)c1c(F)cc(Br)cc1F. The molecule has 0 saturated carbocycles. The molecule has 0 heterocycles. The topological polar surface area (TPSA) is 38.3 Å². The van der Waals surface area contributed by atoms with Gasteiger partial charge in [0.05, 0.1) is 6.04 Å². The number of ether oxygens (including phenoxy) is 1. The highest BCUT2D eigenvalue weighted by molar-refractivity contribution is 9.10. The maximum Gasteiger partial charge on any atom is 0.408 e. The number of rotatable bonds is 2. The van der Waals surface area contributed by atoms with Crippen LogP contribution in [0.1, 0.15) is 39.3 Å². The van der Waals surface area contributed by atoms with Crippen LogP contribution in [0.25, 0.3) is 0 Å². The molecule has 1 aromatic rings. The Bertz CT molecular complexity index is 463. The summed E-state index contributed by atoms with van der Waals surface area (Å²) in [7, 11) is 0. The highest BCUT2D eigenvalue weighted by Crippen LogP contribution is 2.25. The van der Waals surface area contributed by atoms with Gasteiger partial charge in [0, 0.05) is 10.0 Å². The molecule has 0 saturated heterocycles. The third-order valence-electron chi connectivity index (χ3n) is 2.21. The van der Waals surface area contributed by atoms with E-state index in [2.05, 4.69) is 21.2 Å². The molecule has 19 heavy (non-hydrogen) atoms. The van der Waals surface area contributed by atoms with E-state index in [1.165, 1.54) is 6.92 Å². The van der Waals surface area contributed by atoms with E-state index in [4.69, 9.17) is 4.74 Å². The lowest BCUT2D eigenvalue weighted by Crippen LogP contribution is -2.34. The summed E-state index contributed by atoms with van der Waals surface area (Å²) in [6.45, 7) is 6.60. The molecule has 6 heteroatoms. The monoisotopic (exact) mass is 335 g/mol. The average molecular weight is 336 g/mol. The summed E-state index contributed by atoms with van der Waals surface area (Å²) in [5.74, 6) is -1.45. The second kappa shape index (κ2) is 5.86. The molecule has 1 amide bonds. The summed E-state index contributed by atoms with van der Waals surface area (Å²) in [4.78, 5) is 11.5. The first kappa shape index (κ1) is 15.9. The molecule has 0 bridgehead atoms. The zero-order valence-electron chi connectivity index (χ0n) is 11.2. The fourth-order valence-electron chi connectivity index (χ4n) is 1.52. The van der Waals surface area contributed by atoms with E-state index in [1.54, 1.807) is 20.8 Å². The van der Waals surface area contributed by atoms with Crippen molar-refractivity contribution in [1.82, 2.24) is 5.32 Å². The van der Waals surface area contributed by atoms with Crippen LogP contribution < -0.4 is 5.32 Å². The van der Waals surface area contributed by atoms with E-state index in [9.17, 15) is 13.6 Å². The zero-order chi connectivity index (χ0) is 14.8. The largest absolute Gasteiger partial charge is 0.444 e. The van der Waals surface area contributed by atoms with Crippen molar-refractivity contribution in [2.24, 2.45) is 0 Å². The van der Waals surface area contributed by atoms with Gasteiger partial charge < -0.3 is 10.1 Å². The summed E-state index contributed by atoms with van der Waals surface area (Å²) >= 11 is 2.99. The third kappa shape index (κ3) is 4.78. The van der Waals surface area contributed by atoms with Gasteiger partial charge in [0.1, 0.15) is 17.2 Å². The van der Waals surface area contributed by atoms with Crippen LogP contribution in [0, 0.1) is 11.6 Å². The van der Waals surface area contributed by atoms with Crippen molar-refractivity contribution >= 4 is 22.0 Å².